The van der Waals surface area contributed by atoms with Gasteiger partial charge < -0.3 is 10.1 Å². The van der Waals surface area contributed by atoms with Gasteiger partial charge in [-0.25, -0.2) is 4.98 Å². The second-order valence-corrected chi connectivity index (χ2v) is 5.56. The Labute approximate surface area is 100 Å². The van der Waals surface area contributed by atoms with Gasteiger partial charge >= 0.3 is 0 Å². The van der Waals surface area contributed by atoms with Crippen LogP contribution in [0, 0.1) is 0 Å². The van der Waals surface area contributed by atoms with Crippen molar-refractivity contribution in [2.75, 3.05) is 19.8 Å². The minimum atomic E-state index is 0.509. The lowest BCUT2D eigenvalue weighted by Crippen LogP contribution is -2.16. The molecule has 2 atom stereocenters. The van der Waals surface area contributed by atoms with Crippen LogP contribution in [0.2, 0.25) is 0 Å². The van der Waals surface area contributed by atoms with Crippen molar-refractivity contribution >= 4 is 11.3 Å². The van der Waals surface area contributed by atoms with Crippen LogP contribution in [0.5, 0.6) is 0 Å². The molecule has 2 fully saturated rings. The molecule has 0 radical (unpaired) electrons. The van der Waals surface area contributed by atoms with E-state index in [4.69, 9.17) is 9.72 Å². The summed E-state index contributed by atoms with van der Waals surface area (Å²) in [4.78, 5) is 4.79. The van der Waals surface area contributed by atoms with E-state index in [0.29, 0.717) is 12.0 Å². The maximum atomic E-state index is 5.52. The Hall–Kier alpha value is -0.450. The molecular weight excluding hydrogens is 220 g/mol. The molecule has 16 heavy (non-hydrogen) atoms. The predicted octanol–water partition coefficient (Wildman–Crippen LogP) is 2.46. The van der Waals surface area contributed by atoms with Crippen LogP contribution < -0.4 is 5.32 Å². The zero-order chi connectivity index (χ0) is 10.8. The first-order valence-corrected chi connectivity index (χ1v) is 7.08. The maximum absolute atomic E-state index is 5.52. The highest BCUT2D eigenvalue weighted by atomic mass is 32.1. The fourth-order valence-corrected chi connectivity index (χ4v) is 3.52. The summed E-state index contributed by atoms with van der Waals surface area (Å²) in [5.74, 6) is 0.550. The summed E-state index contributed by atoms with van der Waals surface area (Å²) in [6, 6.07) is 0.509. The van der Waals surface area contributed by atoms with Crippen molar-refractivity contribution in [1.82, 2.24) is 10.3 Å². The lowest BCUT2D eigenvalue weighted by molar-refractivity contribution is 0.0803. The Morgan fingerprint density at radius 3 is 3.12 bits per heavy atom. The van der Waals surface area contributed by atoms with Crippen molar-refractivity contribution in [1.29, 1.82) is 0 Å². The van der Waals surface area contributed by atoms with Gasteiger partial charge in [-0.05, 0) is 32.2 Å². The Morgan fingerprint density at radius 1 is 1.38 bits per heavy atom. The molecule has 0 bridgehead atoms. The van der Waals surface area contributed by atoms with Gasteiger partial charge in [0.2, 0.25) is 0 Å². The number of ether oxygens (including phenoxy) is 1. The quantitative estimate of drug-likeness (QED) is 0.859. The lowest BCUT2D eigenvalue weighted by Gasteiger charge is -2.19. The second kappa shape index (κ2) is 4.82. The Morgan fingerprint density at radius 2 is 2.38 bits per heavy atom. The first kappa shape index (κ1) is 10.7. The maximum Gasteiger partial charge on any atom is 0.0983 e. The summed E-state index contributed by atoms with van der Waals surface area (Å²) in [5.41, 5.74) is 1.25. The first-order chi connectivity index (χ1) is 7.93. The van der Waals surface area contributed by atoms with Gasteiger partial charge in [0, 0.05) is 17.9 Å². The molecule has 3 rings (SSSR count). The predicted molar refractivity (Wildman–Crippen MR) is 64.9 cm³/mol. The summed E-state index contributed by atoms with van der Waals surface area (Å²) in [6.45, 7) is 2.94. The van der Waals surface area contributed by atoms with E-state index in [0.717, 1.165) is 19.8 Å². The number of nitrogens with one attached hydrogen (secondary N) is 1. The number of hydrogen-bond acceptors (Lipinski definition) is 4. The lowest BCUT2D eigenvalue weighted by atomic mass is 10.0. The van der Waals surface area contributed by atoms with Crippen molar-refractivity contribution < 1.29 is 4.74 Å². The summed E-state index contributed by atoms with van der Waals surface area (Å²) in [5, 5.41) is 7.01. The van der Waals surface area contributed by atoms with Gasteiger partial charge in [-0.15, -0.1) is 11.3 Å². The summed E-state index contributed by atoms with van der Waals surface area (Å²) < 4.78 is 5.52. The zero-order valence-electron chi connectivity index (χ0n) is 9.45. The molecule has 1 unspecified atom stereocenters. The molecule has 0 saturated carbocycles. The van der Waals surface area contributed by atoms with Gasteiger partial charge in [0.1, 0.15) is 0 Å². The van der Waals surface area contributed by atoms with Crippen LogP contribution in [0.15, 0.2) is 5.38 Å². The second-order valence-electron chi connectivity index (χ2n) is 4.67. The Kier molecular flexibility index (Phi) is 3.22. The fourth-order valence-electron chi connectivity index (χ4n) is 2.52. The average molecular weight is 238 g/mol. The summed E-state index contributed by atoms with van der Waals surface area (Å²) >= 11 is 1.81. The highest BCUT2D eigenvalue weighted by Crippen LogP contribution is 2.31. The molecule has 0 spiro atoms. The van der Waals surface area contributed by atoms with E-state index in [1.165, 1.54) is 36.4 Å². The normalized spacial score (nSPS) is 30.8. The van der Waals surface area contributed by atoms with E-state index in [1.54, 1.807) is 0 Å². The van der Waals surface area contributed by atoms with Crippen molar-refractivity contribution in [2.45, 2.75) is 37.6 Å². The van der Waals surface area contributed by atoms with Gasteiger partial charge in [0.25, 0.3) is 0 Å². The molecule has 3 nitrogen and oxygen atoms in total. The summed E-state index contributed by atoms with van der Waals surface area (Å²) in [7, 11) is 0. The molecule has 2 saturated heterocycles. The molecule has 4 heteroatoms. The van der Waals surface area contributed by atoms with Crippen molar-refractivity contribution in [3.05, 3.63) is 16.1 Å². The van der Waals surface area contributed by atoms with E-state index in [9.17, 15) is 0 Å². The van der Waals surface area contributed by atoms with E-state index < -0.39 is 0 Å². The largest absolute Gasteiger partial charge is 0.381 e. The molecule has 1 aromatic heterocycles. The van der Waals surface area contributed by atoms with Crippen molar-refractivity contribution in [3.63, 3.8) is 0 Å². The van der Waals surface area contributed by atoms with Crippen LogP contribution in [-0.4, -0.2) is 24.7 Å². The zero-order valence-corrected chi connectivity index (χ0v) is 10.3. The van der Waals surface area contributed by atoms with Gasteiger partial charge in [-0.3, -0.25) is 0 Å². The SMILES string of the molecule is c1sc(C2CCCOC2)nc1[C@@H]1CCCN1. The van der Waals surface area contributed by atoms with Crippen LogP contribution in [-0.2, 0) is 4.74 Å². The van der Waals surface area contributed by atoms with E-state index >= 15 is 0 Å². The van der Waals surface area contributed by atoms with E-state index in [1.807, 2.05) is 11.3 Å². The van der Waals surface area contributed by atoms with E-state index in [2.05, 4.69) is 10.7 Å². The highest BCUT2D eigenvalue weighted by Gasteiger charge is 2.23. The molecule has 1 aromatic rings. The molecule has 2 aliphatic heterocycles. The molecule has 0 amide bonds. The Bertz CT molecular complexity index is 341. The van der Waals surface area contributed by atoms with E-state index in [-0.39, 0.29) is 0 Å². The summed E-state index contributed by atoms with van der Waals surface area (Å²) in [6.07, 6.45) is 4.95. The third kappa shape index (κ3) is 2.14. The van der Waals surface area contributed by atoms with Crippen LogP contribution in [0.25, 0.3) is 0 Å². The van der Waals surface area contributed by atoms with Crippen LogP contribution in [0.4, 0.5) is 0 Å². The van der Waals surface area contributed by atoms with Gasteiger partial charge in [0.15, 0.2) is 0 Å². The van der Waals surface area contributed by atoms with Gasteiger partial charge in [-0.1, -0.05) is 0 Å². The molecule has 0 aromatic carbocycles. The smallest absolute Gasteiger partial charge is 0.0983 e. The highest BCUT2D eigenvalue weighted by molar-refractivity contribution is 7.09. The number of hydrogen-bond donors (Lipinski definition) is 1. The monoisotopic (exact) mass is 238 g/mol. The molecule has 3 heterocycles. The van der Waals surface area contributed by atoms with Crippen molar-refractivity contribution in [3.8, 4) is 0 Å². The van der Waals surface area contributed by atoms with Crippen LogP contribution in [0.3, 0.4) is 0 Å². The van der Waals surface area contributed by atoms with Gasteiger partial charge in [0.05, 0.1) is 23.4 Å². The fraction of sp³-hybridized carbons (Fsp3) is 0.750. The molecular formula is C12H18N2OS. The number of aromatic nitrogens is 1. The van der Waals surface area contributed by atoms with Crippen LogP contribution >= 0.6 is 11.3 Å². The third-order valence-corrected chi connectivity index (χ3v) is 4.49. The minimum Gasteiger partial charge on any atom is -0.381 e. The third-order valence-electron chi connectivity index (χ3n) is 3.47. The average Bonchev–Trinajstić information content (AvgIpc) is 3.01. The number of rotatable bonds is 2. The topological polar surface area (TPSA) is 34.1 Å². The number of nitrogens with zero attached hydrogens (tertiary/aromatic N) is 1. The first-order valence-electron chi connectivity index (χ1n) is 6.20. The minimum absolute atomic E-state index is 0.509. The molecule has 2 aliphatic rings. The Balaban J connectivity index is 1.71. The number of thiazole rings is 1. The standard InChI is InChI=1S/C12H18N2OS/c1-4-10(13-5-1)11-8-16-12(14-11)9-3-2-6-15-7-9/h8-10,13H,1-7H2/t9?,10-/m0/s1. The van der Waals surface area contributed by atoms with Crippen molar-refractivity contribution in [2.24, 2.45) is 0 Å². The van der Waals surface area contributed by atoms with Gasteiger partial charge in [-0.2, -0.15) is 0 Å². The molecule has 88 valence electrons. The molecule has 1 N–H and O–H groups in total. The molecule has 0 aliphatic carbocycles. The van der Waals surface area contributed by atoms with Crippen LogP contribution in [0.1, 0.15) is 48.3 Å².